The lowest BCUT2D eigenvalue weighted by Crippen LogP contribution is -2.25. The predicted molar refractivity (Wildman–Crippen MR) is 164 cm³/mol. The summed E-state index contributed by atoms with van der Waals surface area (Å²) in [5.74, 6) is 0.851. The van der Waals surface area contributed by atoms with Crippen molar-refractivity contribution in [3.05, 3.63) is 111 Å². The van der Waals surface area contributed by atoms with Crippen molar-refractivity contribution in [1.82, 2.24) is 15.0 Å². The number of alkyl halides is 6. The molecule has 0 aliphatic carbocycles. The normalized spacial score (nSPS) is 12.2. The van der Waals surface area contributed by atoms with Gasteiger partial charge < -0.3 is 9.64 Å². The molecule has 0 N–H and O–H groups in total. The average Bonchev–Trinajstić information content (AvgIpc) is 2.99. The highest BCUT2D eigenvalue weighted by molar-refractivity contribution is 9.10. The minimum absolute atomic E-state index is 0.00145. The average molecular weight is 689 g/mol. The van der Waals surface area contributed by atoms with Gasteiger partial charge in [0, 0.05) is 36.4 Å². The molecule has 0 atom stereocenters. The molecule has 5 nitrogen and oxygen atoms in total. The Morgan fingerprint density at radius 3 is 2.07 bits per heavy atom. The highest BCUT2D eigenvalue weighted by atomic mass is 79.9. The van der Waals surface area contributed by atoms with E-state index in [2.05, 4.69) is 39.7 Å². The second-order valence-electron chi connectivity index (χ2n) is 10.8. The van der Waals surface area contributed by atoms with Crippen LogP contribution in [0.3, 0.4) is 0 Å². The maximum absolute atomic E-state index is 13.7. The van der Waals surface area contributed by atoms with Gasteiger partial charge in [0.2, 0.25) is 5.95 Å². The van der Waals surface area contributed by atoms with Crippen molar-refractivity contribution >= 4 is 32.8 Å². The Morgan fingerprint density at radius 2 is 1.47 bits per heavy atom. The van der Waals surface area contributed by atoms with Gasteiger partial charge in [-0.05, 0) is 81.0 Å². The molecule has 0 unspecified atom stereocenters. The molecule has 0 aliphatic heterocycles. The van der Waals surface area contributed by atoms with Gasteiger partial charge >= 0.3 is 12.4 Å². The van der Waals surface area contributed by atoms with Gasteiger partial charge in [0.05, 0.1) is 33.9 Å². The fourth-order valence-corrected chi connectivity index (χ4v) is 5.19. The summed E-state index contributed by atoms with van der Waals surface area (Å²) in [6.07, 6.45) is -7.06. The smallest absolute Gasteiger partial charge is 0.416 e. The highest BCUT2D eigenvalue weighted by Crippen LogP contribution is 2.38. The Balaban J connectivity index is 1.69. The quantitative estimate of drug-likeness (QED) is 0.152. The van der Waals surface area contributed by atoms with E-state index in [0.717, 1.165) is 23.1 Å². The monoisotopic (exact) mass is 688 g/mol. The van der Waals surface area contributed by atoms with Gasteiger partial charge in [-0.2, -0.15) is 26.3 Å². The Labute approximate surface area is 264 Å². The van der Waals surface area contributed by atoms with Crippen molar-refractivity contribution in [2.24, 2.45) is 0 Å². The molecule has 3 aromatic carbocycles. The van der Waals surface area contributed by atoms with Crippen LogP contribution in [-0.4, -0.2) is 22.1 Å². The van der Waals surface area contributed by atoms with Crippen molar-refractivity contribution < 1.29 is 31.1 Å². The van der Waals surface area contributed by atoms with Gasteiger partial charge in [-0.1, -0.05) is 38.1 Å². The van der Waals surface area contributed by atoms with E-state index in [1.807, 2.05) is 48.5 Å². The van der Waals surface area contributed by atoms with E-state index in [9.17, 15) is 26.3 Å². The summed E-state index contributed by atoms with van der Waals surface area (Å²) in [5.41, 5.74) is 0.617. The van der Waals surface area contributed by atoms with Gasteiger partial charge in [0.1, 0.15) is 5.75 Å². The summed E-state index contributed by atoms with van der Waals surface area (Å²) in [6, 6.07) is 16.7. The number of benzene rings is 3. The van der Waals surface area contributed by atoms with Gasteiger partial charge in [-0.15, -0.1) is 0 Å². The zero-order valence-electron chi connectivity index (χ0n) is 24.3. The summed E-state index contributed by atoms with van der Waals surface area (Å²) in [7, 11) is 1.54. The highest BCUT2D eigenvalue weighted by Gasteiger charge is 2.37. The first-order valence-corrected chi connectivity index (χ1v) is 14.6. The number of aromatic nitrogens is 3. The molecule has 0 spiro atoms. The molecule has 12 heteroatoms. The predicted octanol–water partition coefficient (Wildman–Crippen LogP) is 9.83. The first-order chi connectivity index (χ1) is 21.2. The van der Waals surface area contributed by atoms with E-state index in [0.29, 0.717) is 32.6 Å². The number of hydrogen-bond acceptors (Lipinski definition) is 5. The van der Waals surface area contributed by atoms with Crippen LogP contribution in [-0.2, 0) is 25.4 Å². The Morgan fingerprint density at radius 1 is 0.822 bits per heavy atom. The Hall–Kier alpha value is -4.19. The van der Waals surface area contributed by atoms with Crippen LogP contribution in [0.1, 0.15) is 47.6 Å². The van der Waals surface area contributed by atoms with E-state index in [4.69, 9.17) is 9.72 Å². The van der Waals surface area contributed by atoms with Crippen molar-refractivity contribution in [2.75, 3.05) is 12.0 Å². The van der Waals surface area contributed by atoms with Crippen LogP contribution in [0.15, 0.2) is 83.6 Å². The van der Waals surface area contributed by atoms with Crippen molar-refractivity contribution in [2.45, 2.75) is 45.2 Å². The van der Waals surface area contributed by atoms with Crippen LogP contribution in [0.2, 0.25) is 0 Å². The van der Waals surface area contributed by atoms with Crippen LogP contribution in [0, 0.1) is 0 Å². The molecule has 2 heterocycles. The van der Waals surface area contributed by atoms with Crippen molar-refractivity contribution in [1.29, 1.82) is 0 Å². The van der Waals surface area contributed by atoms with Gasteiger partial charge in [-0.3, -0.25) is 0 Å². The molecule has 5 aromatic rings. The van der Waals surface area contributed by atoms with E-state index >= 15 is 0 Å². The molecule has 0 bridgehead atoms. The van der Waals surface area contributed by atoms with E-state index in [1.165, 1.54) is 17.3 Å². The number of hydrogen-bond donors (Lipinski definition) is 0. The second kappa shape index (κ2) is 12.7. The third-order valence-electron chi connectivity index (χ3n) is 7.22. The molecule has 2 aromatic heterocycles. The molecule has 5 rings (SSSR count). The fraction of sp³-hybridized carbons (Fsp3) is 0.242. The zero-order chi connectivity index (χ0) is 32.5. The minimum Gasteiger partial charge on any atom is -0.496 e. The van der Waals surface area contributed by atoms with Crippen LogP contribution in [0.4, 0.5) is 32.3 Å². The number of ether oxygens (including phenoxy) is 1. The number of halogens is 7. The molecular formula is C33H27BrF6N4O. The lowest BCUT2D eigenvalue weighted by Gasteiger charge is -2.25. The second-order valence-corrected chi connectivity index (χ2v) is 11.7. The van der Waals surface area contributed by atoms with E-state index < -0.39 is 23.5 Å². The van der Waals surface area contributed by atoms with Gasteiger partial charge in [-0.25, -0.2) is 15.0 Å². The molecule has 0 amide bonds. The lowest BCUT2D eigenvalue weighted by molar-refractivity contribution is -0.143. The largest absolute Gasteiger partial charge is 0.496 e. The Kier molecular flexibility index (Phi) is 9.06. The zero-order valence-corrected chi connectivity index (χ0v) is 25.9. The summed E-state index contributed by atoms with van der Waals surface area (Å²) in [5, 5.41) is 0.797. The SMILES string of the molecule is COc1ccc(C(C)C)cc1-c1nc2ccccc2cc1CN(Cc1cc(C(F)(F)F)cc(C(F)(F)F)c1)c1ncc(Br)cn1. The molecule has 0 radical (unpaired) electrons. The third kappa shape index (κ3) is 7.38. The van der Waals surface area contributed by atoms with Crippen molar-refractivity contribution in [3.8, 4) is 17.0 Å². The summed E-state index contributed by atoms with van der Waals surface area (Å²) in [4.78, 5) is 15.1. The maximum atomic E-state index is 13.7. The number of methoxy groups -OCH3 is 1. The van der Waals surface area contributed by atoms with E-state index in [-0.39, 0.29) is 36.6 Å². The first kappa shape index (κ1) is 32.2. The summed E-state index contributed by atoms with van der Waals surface area (Å²) in [6.45, 7) is 3.75. The number of para-hydroxylation sites is 1. The number of nitrogens with zero attached hydrogens (tertiary/aromatic N) is 4. The maximum Gasteiger partial charge on any atom is 0.416 e. The first-order valence-electron chi connectivity index (χ1n) is 13.8. The van der Waals surface area contributed by atoms with Crippen LogP contribution in [0.5, 0.6) is 5.75 Å². The summed E-state index contributed by atoms with van der Waals surface area (Å²) >= 11 is 3.28. The molecule has 234 valence electrons. The molecule has 0 saturated carbocycles. The number of rotatable bonds is 8. The summed E-state index contributed by atoms with van der Waals surface area (Å²) < 4.78 is 88.5. The Bertz CT molecular complexity index is 1790. The topological polar surface area (TPSA) is 51.1 Å². The number of fused-ring (bicyclic) bond motifs is 1. The molecule has 0 aliphatic rings. The molecule has 45 heavy (non-hydrogen) atoms. The standard InChI is InChI=1S/C33H27BrF6N4O/c1-19(2)21-8-9-29(45-3)27(13-21)30-23(12-22-6-4-5-7-28(22)43-30)18-44(31-41-15-26(34)16-42-31)17-20-10-24(32(35,36)37)14-25(11-20)33(38,39)40/h4-16,19H,17-18H2,1-3H3. The van der Waals surface area contributed by atoms with Gasteiger partial charge in [0.15, 0.2) is 0 Å². The van der Waals surface area contributed by atoms with Crippen LogP contribution >= 0.6 is 15.9 Å². The van der Waals surface area contributed by atoms with Crippen LogP contribution in [0.25, 0.3) is 22.2 Å². The fourth-order valence-electron chi connectivity index (χ4n) is 4.99. The minimum atomic E-state index is -4.98. The molecule has 0 saturated heterocycles. The van der Waals surface area contributed by atoms with Crippen molar-refractivity contribution in [3.63, 3.8) is 0 Å². The van der Waals surface area contributed by atoms with Crippen LogP contribution < -0.4 is 9.64 Å². The lowest BCUT2D eigenvalue weighted by atomic mass is 9.96. The number of pyridine rings is 1. The molecular weight excluding hydrogens is 662 g/mol. The third-order valence-corrected chi connectivity index (χ3v) is 7.63. The van der Waals surface area contributed by atoms with E-state index in [1.54, 1.807) is 7.11 Å². The number of anilines is 1. The molecule has 0 fully saturated rings. The van der Waals surface area contributed by atoms with Gasteiger partial charge in [0.25, 0.3) is 0 Å².